The first-order chi connectivity index (χ1) is 9.34. The monoisotopic (exact) mass is 285 g/mol. The van der Waals surface area contributed by atoms with Crippen LogP contribution in [0.4, 0.5) is 13.2 Å². The Balaban J connectivity index is 2.06. The van der Waals surface area contributed by atoms with E-state index >= 15 is 0 Å². The molecule has 0 bridgehead atoms. The van der Waals surface area contributed by atoms with E-state index in [2.05, 4.69) is 10.3 Å². The van der Waals surface area contributed by atoms with Crippen molar-refractivity contribution in [3.63, 3.8) is 0 Å². The van der Waals surface area contributed by atoms with Crippen LogP contribution in [0.3, 0.4) is 0 Å². The molecule has 0 aliphatic carbocycles. The molecule has 0 radical (unpaired) electrons. The third-order valence-electron chi connectivity index (χ3n) is 2.54. The quantitative estimate of drug-likeness (QED) is 0.932. The van der Waals surface area contributed by atoms with Crippen LogP contribution >= 0.6 is 0 Å². The molecule has 1 heterocycles. The lowest BCUT2D eigenvalue weighted by atomic mass is 10.1. The van der Waals surface area contributed by atoms with Gasteiger partial charge < -0.3 is 5.11 Å². The van der Waals surface area contributed by atoms with Crippen LogP contribution in [0.15, 0.2) is 30.5 Å². The van der Waals surface area contributed by atoms with Gasteiger partial charge in [-0.3, -0.25) is 4.79 Å². The van der Waals surface area contributed by atoms with Gasteiger partial charge in [-0.05, 0) is 17.7 Å². The summed E-state index contributed by atoms with van der Waals surface area (Å²) in [6.45, 7) is 0.227. The summed E-state index contributed by atoms with van der Waals surface area (Å²) in [5.41, 5.74) is 0.195. The number of aromatic nitrogens is 3. The highest BCUT2D eigenvalue weighted by atomic mass is 19.4. The molecule has 0 atom stereocenters. The van der Waals surface area contributed by atoms with Crippen molar-refractivity contribution in [3.8, 4) is 0 Å². The molecule has 0 fully saturated rings. The van der Waals surface area contributed by atoms with E-state index in [-0.39, 0.29) is 13.0 Å². The van der Waals surface area contributed by atoms with E-state index in [0.717, 1.165) is 12.1 Å². The second-order valence-electron chi connectivity index (χ2n) is 4.17. The van der Waals surface area contributed by atoms with Crippen molar-refractivity contribution in [2.24, 2.45) is 0 Å². The minimum absolute atomic E-state index is 0.227. The number of halogens is 3. The Labute approximate surface area is 111 Å². The van der Waals surface area contributed by atoms with Gasteiger partial charge in [0.05, 0.1) is 24.2 Å². The Morgan fingerprint density at radius 3 is 2.45 bits per heavy atom. The van der Waals surface area contributed by atoms with Crippen molar-refractivity contribution in [2.75, 3.05) is 0 Å². The predicted octanol–water partition coefficient (Wildman–Crippen LogP) is 1.97. The van der Waals surface area contributed by atoms with Gasteiger partial charge >= 0.3 is 12.1 Å². The van der Waals surface area contributed by atoms with E-state index < -0.39 is 17.7 Å². The number of nitrogens with zero attached hydrogens (tertiary/aromatic N) is 3. The zero-order valence-electron chi connectivity index (χ0n) is 10.1. The average Bonchev–Trinajstić information content (AvgIpc) is 2.75. The molecule has 106 valence electrons. The standard InChI is InChI=1S/C12H10F3N3O2/c13-12(14,15)9-3-1-8(2-4-9)6-18-7-10(16-17-18)5-11(19)20/h1-4,7H,5-6H2,(H,19,20). The Hall–Kier alpha value is -2.38. The average molecular weight is 285 g/mol. The topological polar surface area (TPSA) is 68.0 Å². The van der Waals surface area contributed by atoms with E-state index in [0.29, 0.717) is 11.3 Å². The SMILES string of the molecule is O=C(O)Cc1cn(Cc2ccc(C(F)(F)F)cc2)nn1. The van der Waals surface area contributed by atoms with Crippen molar-refractivity contribution in [2.45, 2.75) is 19.1 Å². The highest BCUT2D eigenvalue weighted by Crippen LogP contribution is 2.29. The molecular formula is C12H10F3N3O2. The highest BCUT2D eigenvalue weighted by molar-refractivity contribution is 5.69. The van der Waals surface area contributed by atoms with Gasteiger partial charge in [0, 0.05) is 6.20 Å². The lowest BCUT2D eigenvalue weighted by Gasteiger charge is -2.07. The van der Waals surface area contributed by atoms with Crippen molar-refractivity contribution in [1.29, 1.82) is 0 Å². The molecule has 0 aliphatic heterocycles. The van der Waals surface area contributed by atoms with Gasteiger partial charge in [0.1, 0.15) is 0 Å². The van der Waals surface area contributed by atoms with E-state index in [1.807, 2.05) is 0 Å². The summed E-state index contributed by atoms with van der Waals surface area (Å²) in [4.78, 5) is 10.5. The summed E-state index contributed by atoms with van der Waals surface area (Å²) < 4.78 is 38.5. The number of carbonyl (C=O) groups is 1. The first kappa shape index (κ1) is 14.0. The van der Waals surface area contributed by atoms with Crippen LogP contribution in [0, 0.1) is 0 Å². The molecule has 0 aliphatic rings. The molecule has 0 saturated carbocycles. The Bertz CT molecular complexity index is 605. The summed E-state index contributed by atoms with van der Waals surface area (Å²) in [6, 6.07) is 4.68. The summed E-state index contributed by atoms with van der Waals surface area (Å²) in [5.74, 6) is -1.02. The van der Waals surface area contributed by atoms with Crippen LogP contribution in [0.25, 0.3) is 0 Å². The third kappa shape index (κ3) is 3.56. The molecular weight excluding hydrogens is 275 g/mol. The van der Waals surface area contributed by atoms with Gasteiger partial charge in [-0.2, -0.15) is 13.2 Å². The number of rotatable bonds is 4. The number of carboxylic acids is 1. The fraction of sp³-hybridized carbons (Fsp3) is 0.250. The van der Waals surface area contributed by atoms with Gasteiger partial charge in [0.2, 0.25) is 0 Å². The first-order valence-electron chi connectivity index (χ1n) is 5.61. The zero-order valence-corrected chi connectivity index (χ0v) is 10.1. The van der Waals surface area contributed by atoms with Crippen molar-refractivity contribution in [1.82, 2.24) is 15.0 Å². The molecule has 0 amide bonds. The molecule has 1 N–H and O–H groups in total. The second-order valence-corrected chi connectivity index (χ2v) is 4.17. The lowest BCUT2D eigenvalue weighted by Crippen LogP contribution is -2.06. The molecule has 0 unspecified atom stereocenters. The second kappa shape index (κ2) is 5.32. The molecule has 20 heavy (non-hydrogen) atoms. The molecule has 2 aromatic rings. The van der Waals surface area contributed by atoms with Gasteiger partial charge in [-0.1, -0.05) is 17.3 Å². The molecule has 1 aromatic heterocycles. The zero-order chi connectivity index (χ0) is 14.8. The van der Waals surface area contributed by atoms with Gasteiger partial charge in [-0.25, -0.2) is 4.68 Å². The number of benzene rings is 1. The fourth-order valence-corrected chi connectivity index (χ4v) is 1.64. The smallest absolute Gasteiger partial charge is 0.416 e. The van der Waals surface area contributed by atoms with Gasteiger partial charge in [-0.15, -0.1) is 5.10 Å². The van der Waals surface area contributed by atoms with Crippen LogP contribution in [0.1, 0.15) is 16.8 Å². The fourth-order valence-electron chi connectivity index (χ4n) is 1.64. The van der Waals surface area contributed by atoms with Crippen LogP contribution in [-0.4, -0.2) is 26.1 Å². The normalized spacial score (nSPS) is 11.6. The lowest BCUT2D eigenvalue weighted by molar-refractivity contribution is -0.138. The molecule has 0 saturated heterocycles. The molecule has 5 nitrogen and oxygen atoms in total. The molecule has 0 spiro atoms. The molecule has 1 aromatic carbocycles. The van der Waals surface area contributed by atoms with Crippen LogP contribution in [0.5, 0.6) is 0 Å². The summed E-state index contributed by atoms with van der Waals surface area (Å²) in [6.07, 6.45) is -3.15. The summed E-state index contributed by atoms with van der Waals surface area (Å²) >= 11 is 0. The van der Waals surface area contributed by atoms with E-state index in [1.165, 1.54) is 23.0 Å². The maximum Gasteiger partial charge on any atom is 0.416 e. The minimum atomic E-state index is -4.36. The number of hydrogen-bond acceptors (Lipinski definition) is 3. The van der Waals surface area contributed by atoms with Crippen LogP contribution in [0.2, 0.25) is 0 Å². The van der Waals surface area contributed by atoms with Crippen molar-refractivity contribution >= 4 is 5.97 Å². The minimum Gasteiger partial charge on any atom is -0.481 e. The van der Waals surface area contributed by atoms with E-state index in [4.69, 9.17) is 5.11 Å². The first-order valence-corrected chi connectivity index (χ1v) is 5.61. The molecule has 2 rings (SSSR count). The van der Waals surface area contributed by atoms with E-state index in [1.54, 1.807) is 0 Å². The van der Waals surface area contributed by atoms with E-state index in [9.17, 15) is 18.0 Å². The van der Waals surface area contributed by atoms with Gasteiger partial charge in [0.25, 0.3) is 0 Å². The number of alkyl halides is 3. The predicted molar refractivity (Wildman–Crippen MR) is 61.9 cm³/mol. The Kier molecular flexibility index (Phi) is 3.73. The summed E-state index contributed by atoms with van der Waals surface area (Å²) in [5, 5.41) is 16.0. The Morgan fingerprint density at radius 1 is 1.25 bits per heavy atom. The van der Waals surface area contributed by atoms with Gasteiger partial charge in [0.15, 0.2) is 0 Å². The largest absolute Gasteiger partial charge is 0.481 e. The Morgan fingerprint density at radius 2 is 1.90 bits per heavy atom. The van der Waals surface area contributed by atoms with Crippen molar-refractivity contribution < 1.29 is 23.1 Å². The van der Waals surface area contributed by atoms with Crippen LogP contribution < -0.4 is 0 Å². The maximum atomic E-state index is 12.4. The third-order valence-corrected chi connectivity index (χ3v) is 2.54. The highest BCUT2D eigenvalue weighted by Gasteiger charge is 2.29. The number of aliphatic carboxylic acids is 1. The number of hydrogen-bond donors (Lipinski definition) is 1. The number of carboxylic acid groups (broad SMARTS) is 1. The van der Waals surface area contributed by atoms with Crippen molar-refractivity contribution in [3.05, 3.63) is 47.3 Å². The molecule has 8 heteroatoms. The van der Waals surface area contributed by atoms with Crippen LogP contribution in [-0.2, 0) is 23.9 Å². The summed E-state index contributed by atoms with van der Waals surface area (Å²) in [7, 11) is 0. The maximum absolute atomic E-state index is 12.4.